The lowest BCUT2D eigenvalue weighted by Crippen LogP contribution is -2.12. The van der Waals surface area contributed by atoms with Crippen molar-refractivity contribution in [1.82, 2.24) is 15.5 Å². The van der Waals surface area contributed by atoms with Crippen molar-refractivity contribution in [2.24, 2.45) is 0 Å². The fourth-order valence-corrected chi connectivity index (χ4v) is 0.968. The topological polar surface area (TPSA) is 51.0 Å². The Morgan fingerprint density at radius 3 is 3.15 bits per heavy atom. The number of hydrogen-bond donors (Lipinski definition) is 1. The highest BCUT2D eigenvalue weighted by Gasteiger charge is 2.03. The molecule has 0 bridgehead atoms. The van der Waals surface area contributed by atoms with Crippen LogP contribution in [-0.4, -0.2) is 16.7 Å². The highest BCUT2D eigenvalue weighted by Crippen LogP contribution is 1.99. The average molecular weight is 181 g/mol. The van der Waals surface area contributed by atoms with Gasteiger partial charge in [0.2, 0.25) is 5.89 Å². The third kappa shape index (κ3) is 3.38. The summed E-state index contributed by atoms with van der Waals surface area (Å²) in [6.45, 7) is 7.06. The smallest absolute Gasteiger partial charge is 0.240 e. The monoisotopic (exact) mass is 181 g/mol. The molecule has 1 N–H and O–H groups in total. The van der Waals surface area contributed by atoms with Crippen LogP contribution in [0, 0.1) is 0 Å². The van der Waals surface area contributed by atoms with Crippen LogP contribution in [0.25, 0.3) is 0 Å². The maximum Gasteiger partial charge on any atom is 0.240 e. The fourth-order valence-electron chi connectivity index (χ4n) is 0.968. The Labute approximate surface area is 78.0 Å². The zero-order valence-electron chi connectivity index (χ0n) is 7.92. The van der Waals surface area contributed by atoms with Crippen LogP contribution >= 0.6 is 0 Å². The second-order valence-corrected chi connectivity index (χ2v) is 2.77. The van der Waals surface area contributed by atoms with Crippen molar-refractivity contribution in [3.8, 4) is 0 Å². The van der Waals surface area contributed by atoms with E-state index in [0.29, 0.717) is 12.4 Å². The van der Waals surface area contributed by atoms with Crippen LogP contribution < -0.4 is 5.32 Å². The third-order valence-electron chi connectivity index (χ3n) is 1.55. The Kier molecular flexibility index (Phi) is 4.18. The summed E-state index contributed by atoms with van der Waals surface area (Å²) in [5, 5.41) is 6.93. The first-order valence-electron chi connectivity index (χ1n) is 4.50. The quantitative estimate of drug-likeness (QED) is 0.531. The van der Waals surface area contributed by atoms with E-state index in [0.717, 1.165) is 25.2 Å². The van der Waals surface area contributed by atoms with Crippen LogP contribution in [0.1, 0.15) is 25.1 Å². The largest absolute Gasteiger partial charge is 0.338 e. The van der Waals surface area contributed by atoms with Crippen molar-refractivity contribution in [1.29, 1.82) is 0 Å². The van der Waals surface area contributed by atoms with Crippen LogP contribution in [0.15, 0.2) is 17.2 Å². The Morgan fingerprint density at radius 2 is 2.46 bits per heavy atom. The molecule has 4 nitrogen and oxygen atoms in total. The number of aromatic nitrogens is 2. The van der Waals surface area contributed by atoms with Gasteiger partial charge in [-0.05, 0) is 6.42 Å². The maximum atomic E-state index is 5.01. The summed E-state index contributed by atoms with van der Waals surface area (Å²) >= 11 is 0. The van der Waals surface area contributed by atoms with E-state index < -0.39 is 0 Å². The first-order valence-corrected chi connectivity index (χ1v) is 4.50. The molecular weight excluding hydrogens is 166 g/mol. The normalized spacial score (nSPS) is 10.2. The molecule has 0 saturated heterocycles. The van der Waals surface area contributed by atoms with Gasteiger partial charge in [-0.25, -0.2) is 0 Å². The van der Waals surface area contributed by atoms with Crippen molar-refractivity contribution in [3.63, 3.8) is 0 Å². The molecule has 0 radical (unpaired) electrons. The van der Waals surface area contributed by atoms with Crippen LogP contribution in [0.3, 0.4) is 0 Å². The van der Waals surface area contributed by atoms with Gasteiger partial charge in [0, 0.05) is 13.0 Å². The highest BCUT2D eigenvalue weighted by molar-refractivity contribution is 4.86. The van der Waals surface area contributed by atoms with Gasteiger partial charge >= 0.3 is 0 Å². The molecule has 0 fully saturated rings. The molecule has 0 amide bonds. The molecule has 72 valence electrons. The van der Waals surface area contributed by atoms with E-state index in [4.69, 9.17) is 4.52 Å². The van der Waals surface area contributed by atoms with Gasteiger partial charge < -0.3 is 9.84 Å². The molecule has 0 aliphatic carbocycles. The fraction of sp³-hybridized carbons (Fsp3) is 0.556. The average Bonchev–Trinajstić information content (AvgIpc) is 2.54. The SMILES string of the molecule is C=CCNCc1nc(CCC)no1. The third-order valence-corrected chi connectivity index (χ3v) is 1.55. The number of nitrogens with zero attached hydrogens (tertiary/aromatic N) is 2. The molecule has 0 aliphatic rings. The molecule has 1 rings (SSSR count). The summed E-state index contributed by atoms with van der Waals surface area (Å²) in [5.74, 6) is 1.43. The molecule has 0 unspecified atom stereocenters. The zero-order chi connectivity index (χ0) is 9.52. The second-order valence-electron chi connectivity index (χ2n) is 2.77. The summed E-state index contributed by atoms with van der Waals surface area (Å²) in [4.78, 5) is 4.20. The maximum absolute atomic E-state index is 5.01. The van der Waals surface area contributed by atoms with Gasteiger partial charge in [-0.15, -0.1) is 6.58 Å². The van der Waals surface area contributed by atoms with Gasteiger partial charge in [-0.1, -0.05) is 18.2 Å². The lowest BCUT2D eigenvalue weighted by atomic mass is 10.3. The molecular formula is C9H15N3O. The number of aryl methyl sites for hydroxylation is 1. The van der Waals surface area contributed by atoms with Gasteiger partial charge in [-0.2, -0.15) is 4.98 Å². The van der Waals surface area contributed by atoms with E-state index in [9.17, 15) is 0 Å². The molecule has 1 aromatic rings. The summed E-state index contributed by atoms with van der Waals surface area (Å²) in [6.07, 6.45) is 3.72. The van der Waals surface area contributed by atoms with Crippen molar-refractivity contribution in [3.05, 3.63) is 24.4 Å². The predicted octanol–water partition coefficient (Wildman–Crippen LogP) is 1.30. The Balaban J connectivity index is 2.35. The molecule has 0 aromatic carbocycles. The van der Waals surface area contributed by atoms with Crippen LogP contribution in [-0.2, 0) is 13.0 Å². The van der Waals surface area contributed by atoms with E-state index in [1.165, 1.54) is 0 Å². The van der Waals surface area contributed by atoms with Crippen LogP contribution in [0.5, 0.6) is 0 Å². The van der Waals surface area contributed by atoms with Gasteiger partial charge in [0.1, 0.15) is 0 Å². The summed E-state index contributed by atoms with van der Waals surface area (Å²) in [6, 6.07) is 0. The van der Waals surface area contributed by atoms with E-state index in [2.05, 4.69) is 29.0 Å². The summed E-state index contributed by atoms with van der Waals surface area (Å²) in [5.41, 5.74) is 0. The van der Waals surface area contributed by atoms with E-state index >= 15 is 0 Å². The first kappa shape index (κ1) is 9.92. The molecule has 0 atom stereocenters. The van der Waals surface area contributed by atoms with Gasteiger partial charge in [0.25, 0.3) is 0 Å². The zero-order valence-corrected chi connectivity index (χ0v) is 7.92. The van der Waals surface area contributed by atoms with Gasteiger partial charge in [0.15, 0.2) is 5.82 Å². The molecule has 1 aromatic heterocycles. The summed E-state index contributed by atoms with van der Waals surface area (Å²) < 4.78 is 5.01. The van der Waals surface area contributed by atoms with Crippen LogP contribution in [0.2, 0.25) is 0 Å². The predicted molar refractivity (Wildman–Crippen MR) is 50.2 cm³/mol. The lowest BCUT2D eigenvalue weighted by molar-refractivity contribution is 0.365. The molecule has 4 heteroatoms. The molecule has 1 heterocycles. The van der Waals surface area contributed by atoms with Crippen LogP contribution in [0.4, 0.5) is 0 Å². The van der Waals surface area contributed by atoms with Crippen molar-refractivity contribution in [2.45, 2.75) is 26.3 Å². The lowest BCUT2D eigenvalue weighted by Gasteiger charge is -1.93. The van der Waals surface area contributed by atoms with E-state index in [-0.39, 0.29) is 0 Å². The van der Waals surface area contributed by atoms with Crippen molar-refractivity contribution >= 4 is 0 Å². The molecule has 0 spiro atoms. The number of nitrogens with one attached hydrogen (secondary N) is 1. The van der Waals surface area contributed by atoms with Crippen molar-refractivity contribution < 1.29 is 4.52 Å². The van der Waals surface area contributed by atoms with Gasteiger partial charge in [0.05, 0.1) is 6.54 Å². The highest BCUT2D eigenvalue weighted by atomic mass is 16.5. The minimum atomic E-state index is 0.614. The molecule has 13 heavy (non-hydrogen) atoms. The summed E-state index contributed by atoms with van der Waals surface area (Å²) in [7, 11) is 0. The minimum Gasteiger partial charge on any atom is -0.338 e. The Hall–Kier alpha value is -1.16. The minimum absolute atomic E-state index is 0.614. The standard InChI is InChI=1S/C9H15N3O/c1-3-5-8-11-9(13-12-8)7-10-6-4-2/h4,10H,2-3,5-7H2,1H3. The Bertz CT molecular complexity index is 257. The van der Waals surface area contributed by atoms with E-state index in [1.54, 1.807) is 6.08 Å². The van der Waals surface area contributed by atoms with Gasteiger partial charge in [-0.3, -0.25) is 0 Å². The molecule has 0 aliphatic heterocycles. The molecule has 0 saturated carbocycles. The van der Waals surface area contributed by atoms with E-state index in [1.807, 2.05) is 0 Å². The first-order chi connectivity index (χ1) is 6.36. The van der Waals surface area contributed by atoms with Crippen molar-refractivity contribution in [2.75, 3.05) is 6.54 Å². The number of rotatable bonds is 6. The number of hydrogen-bond acceptors (Lipinski definition) is 4. The Morgan fingerprint density at radius 1 is 1.62 bits per heavy atom. The second kappa shape index (κ2) is 5.48.